The average Bonchev–Trinajstić information content (AvgIpc) is 2.82. The van der Waals surface area contributed by atoms with Gasteiger partial charge in [-0.1, -0.05) is 12.1 Å². The van der Waals surface area contributed by atoms with Crippen LogP contribution in [0, 0.1) is 0 Å². The molecule has 0 amide bonds. The molecule has 1 aromatic heterocycles. The van der Waals surface area contributed by atoms with Gasteiger partial charge in [0.25, 0.3) is 0 Å². The molecule has 1 atom stereocenters. The Hall–Kier alpha value is -1.58. The Morgan fingerprint density at radius 2 is 1.67 bits per heavy atom. The fourth-order valence-corrected chi connectivity index (χ4v) is 1.54. The Kier molecular flexibility index (Phi) is 2.85. The molecule has 78 valence electrons. The predicted molar refractivity (Wildman–Crippen MR) is 61.8 cm³/mol. The molecular formula is C12H15N3. The maximum atomic E-state index is 5.83. The molecule has 1 aromatic carbocycles. The summed E-state index contributed by atoms with van der Waals surface area (Å²) >= 11 is 0. The number of nitrogens with two attached hydrogens (primary N) is 2. The lowest BCUT2D eigenvalue weighted by Crippen LogP contribution is -2.20. The lowest BCUT2D eigenvalue weighted by atomic mass is 10.1. The van der Waals surface area contributed by atoms with E-state index < -0.39 is 0 Å². The van der Waals surface area contributed by atoms with Crippen LogP contribution in [0.5, 0.6) is 0 Å². The minimum absolute atomic E-state index is 0.0660. The molecule has 1 unspecified atom stereocenters. The number of hydrogen-bond acceptors (Lipinski definition) is 2. The van der Waals surface area contributed by atoms with Crippen LogP contribution in [0.2, 0.25) is 0 Å². The molecule has 4 N–H and O–H groups in total. The van der Waals surface area contributed by atoms with E-state index in [9.17, 15) is 0 Å². The van der Waals surface area contributed by atoms with Crippen LogP contribution in [0.15, 0.2) is 48.8 Å². The number of nitrogens with zero attached hydrogens (tertiary/aromatic N) is 1. The first-order valence-corrected chi connectivity index (χ1v) is 5.00. The summed E-state index contributed by atoms with van der Waals surface area (Å²) in [5.74, 6) is 0. The summed E-state index contributed by atoms with van der Waals surface area (Å²) in [6.07, 6.45) is 4.02. The summed E-state index contributed by atoms with van der Waals surface area (Å²) in [5, 5.41) is 0. The molecule has 0 saturated carbocycles. The van der Waals surface area contributed by atoms with Crippen LogP contribution in [-0.2, 0) is 0 Å². The highest BCUT2D eigenvalue weighted by molar-refractivity contribution is 5.36. The third kappa shape index (κ3) is 2.09. The van der Waals surface area contributed by atoms with Gasteiger partial charge >= 0.3 is 0 Å². The number of benzene rings is 1. The summed E-state index contributed by atoms with van der Waals surface area (Å²) in [5.41, 5.74) is 13.5. The van der Waals surface area contributed by atoms with E-state index in [2.05, 4.69) is 4.57 Å². The Morgan fingerprint density at radius 3 is 2.20 bits per heavy atom. The van der Waals surface area contributed by atoms with Crippen LogP contribution in [0.25, 0.3) is 5.69 Å². The molecule has 0 aliphatic heterocycles. The van der Waals surface area contributed by atoms with Gasteiger partial charge in [-0.25, -0.2) is 0 Å². The Morgan fingerprint density at radius 1 is 1.07 bits per heavy atom. The monoisotopic (exact) mass is 201 g/mol. The molecule has 2 aromatic rings. The van der Waals surface area contributed by atoms with E-state index in [-0.39, 0.29) is 6.04 Å². The zero-order valence-electron chi connectivity index (χ0n) is 8.51. The molecule has 2 rings (SSSR count). The van der Waals surface area contributed by atoms with Crippen molar-refractivity contribution in [3.8, 4) is 5.69 Å². The molecule has 3 heteroatoms. The van der Waals surface area contributed by atoms with Gasteiger partial charge < -0.3 is 16.0 Å². The minimum Gasteiger partial charge on any atom is -0.329 e. The lowest BCUT2D eigenvalue weighted by Gasteiger charge is -2.10. The predicted octanol–water partition coefficient (Wildman–Crippen LogP) is 1.44. The SMILES string of the molecule is NCC(N)c1ccc(-n2cccc2)cc1. The summed E-state index contributed by atoms with van der Waals surface area (Å²) in [7, 11) is 0. The Balaban J connectivity index is 2.25. The van der Waals surface area contributed by atoms with E-state index >= 15 is 0 Å². The molecular weight excluding hydrogens is 186 g/mol. The normalized spacial score (nSPS) is 12.7. The maximum absolute atomic E-state index is 5.83. The van der Waals surface area contributed by atoms with Crippen LogP contribution >= 0.6 is 0 Å². The van der Waals surface area contributed by atoms with Crippen LogP contribution in [0.4, 0.5) is 0 Å². The highest BCUT2D eigenvalue weighted by atomic mass is 14.9. The van der Waals surface area contributed by atoms with Gasteiger partial charge in [-0.3, -0.25) is 0 Å². The molecule has 0 fully saturated rings. The number of aromatic nitrogens is 1. The van der Waals surface area contributed by atoms with Gasteiger partial charge in [0.2, 0.25) is 0 Å². The summed E-state index contributed by atoms with van der Waals surface area (Å²) in [4.78, 5) is 0. The fourth-order valence-electron chi connectivity index (χ4n) is 1.54. The third-order valence-electron chi connectivity index (χ3n) is 2.48. The van der Waals surface area contributed by atoms with Crippen molar-refractivity contribution >= 4 is 0 Å². The van der Waals surface area contributed by atoms with Crippen molar-refractivity contribution in [3.63, 3.8) is 0 Å². The molecule has 0 aliphatic rings. The van der Waals surface area contributed by atoms with Gasteiger partial charge in [0.05, 0.1) is 0 Å². The maximum Gasteiger partial charge on any atom is 0.0449 e. The molecule has 1 heterocycles. The second kappa shape index (κ2) is 4.29. The summed E-state index contributed by atoms with van der Waals surface area (Å²) in [6.45, 7) is 0.475. The van der Waals surface area contributed by atoms with Crippen molar-refractivity contribution < 1.29 is 0 Å². The third-order valence-corrected chi connectivity index (χ3v) is 2.48. The molecule has 0 radical (unpaired) electrons. The smallest absolute Gasteiger partial charge is 0.0449 e. The second-order valence-electron chi connectivity index (χ2n) is 3.52. The van der Waals surface area contributed by atoms with Crippen molar-refractivity contribution in [3.05, 3.63) is 54.4 Å². The average molecular weight is 201 g/mol. The van der Waals surface area contributed by atoms with E-state index in [1.807, 2.05) is 48.8 Å². The van der Waals surface area contributed by atoms with Gasteiger partial charge in [-0.05, 0) is 29.8 Å². The van der Waals surface area contributed by atoms with Gasteiger partial charge in [0, 0.05) is 30.7 Å². The van der Waals surface area contributed by atoms with E-state index in [4.69, 9.17) is 11.5 Å². The van der Waals surface area contributed by atoms with Gasteiger partial charge in [-0.2, -0.15) is 0 Å². The molecule has 0 spiro atoms. The van der Waals surface area contributed by atoms with Gasteiger partial charge in [0.15, 0.2) is 0 Å². The van der Waals surface area contributed by atoms with Crippen molar-refractivity contribution in [2.45, 2.75) is 6.04 Å². The Labute approximate surface area is 89.3 Å². The standard InChI is InChI=1S/C12H15N3/c13-9-12(14)10-3-5-11(6-4-10)15-7-1-2-8-15/h1-8,12H,9,13-14H2. The molecule has 0 aliphatic carbocycles. The van der Waals surface area contributed by atoms with E-state index in [1.54, 1.807) is 0 Å². The van der Waals surface area contributed by atoms with Crippen molar-refractivity contribution in [1.29, 1.82) is 0 Å². The molecule has 0 saturated heterocycles. The van der Waals surface area contributed by atoms with E-state index in [0.717, 1.165) is 11.3 Å². The minimum atomic E-state index is -0.0660. The fraction of sp³-hybridized carbons (Fsp3) is 0.167. The summed E-state index contributed by atoms with van der Waals surface area (Å²) < 4.78 is 2.05. The molecule has 0 bridgehead atoms. The highest BCUT2D eigenvalue weighted by Gasteiger charge is 2.02. The first-order valence-electron chi connectivity index (χ1n) is 5.00. The molecule has 15 heavy (non-hydrogen) atoms. The number of rotatable bonds is 3. The first-order chi connectivity index (χ1) is 7.31. The van der Waals surface area contributed by atoms with Crippen LogP contribution in [-0.4, -0.2) is 11.1 Å². The zero-order valence-corrected chi connectivity index (χ0v) is 8.51. The van der Waals surface area contributed by atoms with Crippen LogP contribution in [0.3, 0.4) is 0 Å². The van der Waals surface area contributed by atoms with Crippen molar-refractivity contribution in [2.75, 3.05) is 6.54 Å². The first kappa shape index (κ1) is 9.96. The second-order valence-corrected chi connectivity index (χ2v) is 3.52. The van der Waals surface area contributed by atoms with Gasteiger partial charge in [-0.15, -0.1) is 0 Å². The zero-order chi connectivity index (χ0) is 10.7. The van der Waals surface area contributed by atoms with E-state index in [1.165, 1.54) is 0 Å². The lowest BCUT2D eigenvalue weighted by molar-refractivity contribution is 0.737. The van der Waals surface area contributed by atoms with Crippen LogP contribution in [0.1, 0.15) is 11.6 Å². The summed E-state index contributed by atoms with van der Waals surface area (Å²) in [6, 6.07) is 12.1. The quantitative estimate of drug-likeness (QED) is 0.789. The largest absolute Gasteiger partial charge is 0.329 e. The topological polar surface area (TPSA) is 57.0 Å². The number of hydrogen-bond donors (Lipinski definition) is 2. The highest BCUT2D eigenvalue weighted by Crippen LogP contribution is 2.13. The van der Waals surface area contributed by atoms with Crippen molar-refractivity contribution in [1.82, 2.24) is 4.57 Å². The van der Waals surface area contributed by atoms with Crippen LogP contribution < -0.4 is 11.5 Å². The van der Waals surface area contributed by atoms with E-state index in [0.29, 0.717) is 6.54 Å². The molecule has 3 nitrogen and oxygen atoms in total. The van der Waals surface area contributed by atoms with Gasteiger partial charge in [0.1, 0.15) is 0 Å². The Bertz CT molecular complexity index is 403. The van der Waals surface area contributed by atoms with Crippen molar-refractivity contribution in [2.24, 2.45) is 11.5 Å².